The van der Waals surface area contributed by atoms with Crippen molar-refractivity contribution < 1.29 is 14.3 Å². The van der Waals surface area contributed by atoms with E-state index in [1.54, 1.807) is 0 Å². The number of ketones is 1. The highest BCUT2D eigenvalue weighted by Gasteiger charge is 2.40. The first-order chi connectivity index (χ1) is 7.22. The number of carbonyl (C=O) groups is 1. The molecule has 0 saturated carbocycles. The summed E-state index contributed by atoms with van der Waals surface area (Å²) in [7, 11) is 0. The van der Waals surface area contributed by atoms with E-state index >= 15 is 0 Å². The molecule has 0 aromatic heterocycles. The van der Waals surface area contributed by atoms with Crippen LogP contribution in [0.4, 0.5) is 0 Å². The van der Waals surface area contributed by atoms with Crippen molar-refractivity contribution in [3.05, 3.63) is 0 Å². The molecule has 2 aliphatic rings. The number of carbonyl (C=O) groups excluding carboxylic acids is 1. The monoisotopic (exact) mass is 212 g/mol. The summed E-state index contributed by atoms with van der Waals surface area (Å²) in [4.78, 5) is 12.3. The molecule has 0 aromatic rings. The van der Waals surface area contributed by atoms with E-state index in [0.29, 0.717) is 6.61 Å². The fourth-order valence-electron chi connectivity index (χ4n) is 2.51. The first kappa shape index (κ1) is 11.1. The Morgan fingerprint density at radius 1 is 1.27 bits per heavy atom. The lowest BCUT2D eigenvalue weighted by atomic mass is 9.82. The van der Waals surface area contributed by atoms with Crippen molar-refractivity contribution >= 4 is 5.78 Å². The Kier molecular flexibility index (Phi) is 3.42. The third kappa shape index (κ3) is 2.40. The molecule has 2 aliphatic heterocycles. The van der Waals surface area contributed by atoms with Gasteiger partial charge in [-0.3, -0.25) is 4.79 Å². The van der Waals surface area contributed by atoms with Gasteiger partial charge in [0.2, 0.25) is 0 Å². The molecule has 0 amide bonds. The zero-order chi connectivity index (χ0) is 10.7. The van der Waals surface area contributed by atoms with Crippen LogP contribution in [0, 0.1) is 5.92 Å². The molecule has 0 spiro atoms. The van der Waals surface area contributed by atoms with Gasteiger partial charge in [-0.15, -0.1) is 0 Å². The van der Waals surface area contributed by atoms with Gasteiger partial charge in [0.15, 0.2) is 5.78 Å². The minimum absolute atomic E-state index is 0.0712. The first-order valence-electron chi connectivity index (χ1n) is 5.98. The van der Waals surface area contributed by atoms with Crippen LogP contribution in [0.3, 0.4) is 0 Å². The van der Waals surface area contributed by atoms with Crippen molar-refractivity contribution in [2.24, 2.45) is 5.92 Å². The number of rotatable bonds is 2. The fraction of sp³-hybridized carbons (Fsp3) is 0.917. The zero-order valence-electron chi connectivity index (χ0n) is 9.46. The maximum Gasteiger partial charge on any atom is 0.169 e. The van der Waals surface area contributed by atoms with E-state index in [0.717, 1.165) is 45.3 Å². The van der Waals surface area contributed by atoms with Gasteiger partial charge in [0.25, 0.3) is 0 Å². The summed E-state index contributed by atoms with van der Waals surface area (Å²) in [6, 6.07) is 0. The second-order valence-corrected chi connectivity index (χ2v) is 4.81. The number of Topliss-reactive ketones (excluding diaryl/α,β-unsaturated/α-hetero) is 1. The van der Waals surface area contributed by atoms with Gasteiger partial charge in [-0.2, -0.15) is 0 Å². The Balaban J connectivity index is 1.98. The van der Waals surface area contributed by atoms with E-state index in [2.05, 4.69) is 0 Å². The van der Waals surface area contributed by atoms with E-state index in [1.807, 2.05) is 6.92 Å². The predicted octanol–water partition coefficient (Wildman–Crippen LogP) is 1.94. The highest BCUT2D eigenvalue weighted by atomic mass is 16.5. The standard InChI is InChI=1S/C12H20O3/c1-12(6-2-3-8-15-12)11(13)10-5-4-7-14-9-10/h10H,2-9H2,1H3. The highest BCUT2D eigenvalue weighted by molar-refractivity contribution is 5.89. The molecule has 2 unspecified atom stereocenters. The summed E-state index contributed by atoms with van der Waals surface area (Å²) in [6.45, 7) is 4.08. The van der Waals surface area contributed by atoms with Crippen LogP contribution in [0.1, 0.15) is 39.0 Å². The van der Waals surface area contributed by atoms with Crippen molar-refractivity contribution in [3.8, 4) is 0 Å². The van der Waals surface area contributed by atoms with E-state index in [9.17, 15) is 4.79 Å². The van der Waals surface area contributed by atoms with Gasteiger partial charge in [-0.05, 0) is 39.0 Å². The normalized spacial score (nSPS) is 37.5. The summed E-state index contributed by atoms with van der Waals surface area (Å²) in [6.07, 6.45) is 5.05. The molecule has 86 valence electrons. The molecule has 0 aromatic carbocycles. The van der Waals surface area contributed by atoms with E-state index in [1.165, 1.54) is 0 Å². The van der Waals surface area contributed by atoms with Crippen molar-refractivity contribution in [1.82, 2.24) is 0 Å². The van der Waals surface area contributed by atoms with Gasteiger partial charge in [0, 0.05) is 19.1 Å². The molecular formula is C12H20O3. The van der Waals surface area contributed by atoms with Gasteiger partial charge >= 0.3 is 0 Å². The van der Waals surface area contributed by atoms with Crippen molar-refractivity contribution in [1.29, 1.82) is 0 Å². The fourth-order valence-corrected chi connectivity index (χ4v) is 2.51. The van der Waals surface area contributed by atoms with Crippen LogP contribution in [0.5, 0.6) is 0 Å². The number of hydrogen-bond acceptors (Lipinski definition) is 3. The number of hydrogen-bond donors (Lipinski definition) is 0. The van der Waals surface area contributed by atoms with Gasteiger partial charge in [-0.1, -0.05) is 0 Å². The molecule has 15 heavy (non-hydrogen) atoms. The Morgan fingerprint density at radius 3 is 2.73 bits per heavy atom. The second kappa shape index (κ2) is 4.62. The lowest BCUT2D eigenvalue weighted by Gasteiger charge is -2.36. The summed E-state index contributed by atoms with van der Waals surface area (Å²) in [5, 5.41) is 0. The van der Waals surface area contributed by atoms with E-state index < -0.39 is 5.60 Å². The summed E-state index contributed by atoms with van der Waals surface area (Å²) in [5.41, 5.74) is -0.524. The maximum atomic E-state index is 12.3. The molecule has 2 rings (SSSR count). The predicted molar refractivity (Wildman–Crippen MR) is 56.8 cm³/mol. The quantitative estimate of drug-likeness (QED) is 0.701. The molecule has 0 bridgehead atoms. The van der Waals surface area contributed by atoms with E-state index in [4.69, 9.17) is 9.47 Å². The Labute approximate surface area is 91.1 Å². The average Bonchev–Trinajstić information content (AvgIpc) is 2.30. The molecule has 0 radical (unpaired) electrons. The molecule has 2 saturated heterocycles. The Hall–Kier alpha value is -0.410. The van der Waals surface area contributed by atoms with Crippen LogP contribution < -0.4 is 0 Å². The minimum Gasteiger partial charge on any atom is -0.381 e. The maximum absolute atomic E-state index is 12.3. The smallest absolute Gasteiger partial charge is 0.169 e. The van der Waals surface area contributed by atoms with Crippen LogP contribution in [-0.2, 0) is 14.3 Å². The summed E-state index contributed by atoms with van der Waals surface area (Å²) >= 11 is 0. The SMILES string of the molecule is CC1(C(=O)C2CCCOC2)CCCCO1. The van der Waals surface area contributed by atoms with Crippen molar-refractivity contribution in [2.75, 3.05) is 19.8 Å². The van der Waals surface area contributed by atoms with Crippen LogP contribution >= 0.6 is 0 Å². The summed E-state index contributed by atoms with van der Waals surface area (Å²) < 4.78 is 11.0. The topological polar surface area (TPSA) is 35.5 Å². The molecule has 0 N–H and O–H groups in total. The molecule has 0 aliphatic carbocycles. The Morgan fingerprint density at radius 2 is 2.13 bits per heavy atom. The largest absolute Gasteiger partial charge is 0.381 e. The minimum atomic E-state index is -0.524. The van der Waals surface area contributed by atoms with Gasteiger partial charge in [-0.25, -0.2) is 0 Å². The lowest BCUT2D eigenvalue weighted by molar-refractivity contribution is -0.156. The third-order valence-corrected chi connectivity index (χ3v) is 3.52. The highest BCUT2D eigenvalue weighted by Crippen LogP contribution is 2.30. The van der Waals surface area contributed by atoms with Crippen LogP contribution in [0.15, 0.2) is 0 Å². The zero-order valence-corrected chi connectivity index (χ0v) is 9.46. The Bertz CT molecular complexity index is 225. The molecular weight excluding hydrogens is 192 g/mol. The molecule has 2 heterocycles. The van der Waals surface area contributed by atoms with Crippen LogP contribution in [-0.4, -0.2) is 31.2 Å². The van der Waals surface area contributed by atoms with E-state index in [-0.39, 0.29) is 11.7 Å². The van der Waals surface area contributed by atoms with Crippen LogP contribution in [0.2, 0.25) is 0 Å². The van der Waals surface area contributed by atoms with Crippen molar-refractivity contribution in [3.63, 3.8) is 0 Å². The van der Waals surface area contributed by atoms with Crippen molar-refractivity contribution in [2.45, 2.75) is 44.6 Å². The lowest BCUT2D eigenvalue weighted by Crippen LogP contribution is -2.46. The van der Waals surface area contributed by atoms with Gasteiger partial charge < -0.3 is 9.47 Å². The second-order valence-electron chi connectivity index (χ2n) is 4.81. The number of ether oxygens (including phenoxy) is 2. The summed E-state index contributed by atoms with van der Waals surface area (Å²) in [5.74, 6) is 0.337. The van der Waals surface area contributed by atoms with Crippen LogP contribution in [0.25, 0.3) is 0 Å². The van der Waals surface area contributed by atoms with Gasteiger partial charge in [0.05, 0.1) is 6.61 Å². The molecule has 3 heteroatoms. The third-order valence-electron chi connectivity index (χ3n) is 3.52. The molecule has 2 atom stereocenters. The van der Waals surface area contributed by atoms with Gasteiger partial charge in [0.1, 0.15) is 5.60 Å². The average molecular weight is 212 g/mol. The first-order valence-corrected chi connectivity index (χ1v) is 5.98. The molecule has 3 nitrogen and oxygen atoms in total. The molecule has 2 fully saturated rings.